The van der Waals surface area contributed by atoms with Crippen LogP contribution in [-0.4, -0.2) is 27.1 Å². The molecule has 0 N–H and O–H groups in total. The first-order chi connectivity index (χ1) is 12.7. The molecule has 26 heavy (non-hydrogen) atoms. The number of hydrogen-bond acceptors (Lipinski definition) is 4. The van der Waals surface area contributed by atoms with Crippen LogP contribution >= 0.6 is 11.8 Å². The summed E-state index contributed by atoms with van der Waals surface area (Å²) in [5, 5.41) is 9.25. The van der Waals surface area contributed by atoms with Crippen molar-refractivity contribution in [3.63, 3.8) is 0 Å². The van der Waals surface area contributed by atoms with Crippen molar-refractivity contribution in [3.8, 4) is 17.1 Å². The highest BCUT2D eigenvalue weighted by Gasteiger charge is 2.30. The quantitative estimate of drug-likeness (QED) is 0.443. The van der Waals surface area contributed by atoms with Crippen LogP contribution in [-0.2, 0) is 0 Å². The van der Waals surface area contributed by atoms with Crippen LogP contribution in [0.5, 0.6) is 5.75 Å². The van der Waals surface area contributed by atoms with Crippen molar-refractivity contribution in [3.05, 3.63) is 60.2 Å². The second-order valence-electron chi connectivity index (χ2n) is 6.04. The van der Waals surface area contributed by atoms with Gasteiger partial charge in [-0.25, -0.2) is 8.78 Å². The van der Waals surface area contributed by atoms with Crippen molar-refractivity contribution in [2.24, 2.45) is 0 Å². The van der Waals surface area contributed by atoms with Crippen LogP contribution in [0.2, 0.25) is 0 Å². The lowest BCUT2D eigenvalue weighted by molar-refractivity contribution is 0.343. The molecule has 0 bridgehead atoms. The van der Waals surface area contributed by atoms with Gasteiger partial charge in [-0.1, -0.05) is 23.9 Å². The number of nitrogens with zero attached hydrogens (tertiary/aromatic N) is 3. The summed E-state index contributed by atoms with van der Waals surface area (Å²) in [6, 6.07) is 12.9. The molecule has 1 aliphatic rings. The Kier molecular flexibility index (Phi) is 4.88. The molecule has 0 amide bonds. The van der Waals surface area contributed by atoms with Gasteiger partial charge < -0.3 is 4.74 Å². The summed E-state index contributed by atoms with van der Waals surface area (Å²) in [6.45, 7) is 0.461. The van der Waals surface area contributed by atoms with Crippen molar-refractivity contribution in [2.75, 3.05) is 12.4 Å². The molecule has 7 heteroatoms. The van der Waals surface area contributed by atoms with Gasteiger partial charge in [0, 0.05) is 11.8 Å². The van der Waals surface area contributed by atoms with Gasteiger partial charge in [-0.15, -0.1) is 10.2 Å². The number of hydrogen-bond donors (Lipinski definition) is 0. The van der Waals surface area contributed by atoms with Gasteiger partial charge in [0.05, 0.1) is 12.2 Å². The average Bonchev–Trinajstić information content (AvgIpc) is 3.41. The number of benzene rings is 2. The lowest BCUT2D eigenvalue weighted by atomic mass is 10.2. The summed E-state index contributed by atoms with van der Waals surface area (Å²) in [7, 11) is 0. The van der Waals surface area contributed by atoms with Gasteiger partial charge in [-0.2, -0.15) is 0 Å². The molecule has 134 valence electrons. The highest BCUT2D eigenvalue weighted by molar-refractivity contribution is 7.99. The van der Waals surface area contributed by atoms with Crippen LogP contribution in [0, 0.1) is 11.6 Å². The van der Waals surface area contributed by atoms with E-state index >= 15 is 0 Å². The zero-order valence-corrected chi connectivity index (χ0v) is 14.8. The van der Waals surface area contributed by atoms with E-state index in [0.717, 1.165) is 18.0 Å². The fourth-order valence-corrected chi connectivity index (χ4v) is 3.51. The summed E-state index contributed by atoms with van der Waals surface area (Å²) >= 11 is 1.53. The van der Waals surface area contributed by atoms with Gasteiger partial charge in [-0.05, 0) is 49.2 Å². The van der Waals surface area contributed by atoms with Crippen molar-refractivity contribution in [2.45, 2.75) is 24.0 Å². The van der Waals surface area contributed by atoms with Crippen LogP contribution in [0.15, 0.2) is 53.7 Å². The summed E-state index contributed by atoms with van der Waals surface area (Å²) in [5.74, 6) is 1.29. The average molecular weight is 373 g/mol. The van der Waals surface area contributed by atoms with E-state index in [-0.39, 0.29) is 11.6 Å². The highest BCUT2D eigenvalue weighted by atomic mass is 32.2. The Balaban J connectivity index is 1.44. The minimum absolute atomic E-state index is 0.287. The van der Waals surface area contributed by atoms with Crippen LogP contribution < -0.4 is 4.74 Å². The molecule has 0 unspecified atom stereocenters. The molecule has 1 aromatic heterocycles. The van der Waals surface area contributed by atoms with E-state index in [1.165, 1.54) is 30.0 Å². The van der Waals surface area contributed by atoms with Crippen LogP contribution in [0.3, 0.4) is 0 Å². The number of ether oxygens (including phenoxy) is 1. The third-order valence-electron chi connectivity index (χ3n) is 4.09. The van der Waals surface area contributed by atoms with Gasteiger partial charge >= 0.3 is 0 Å². The molecule has 0 radical (unpaired) electrons. The van der Waals surface area contributed by atoms with Crippen molar-refractivity contribution < 1.29 is 13.5 Å². The Morgan fingerprint density at radius 2 is 1.81 bits per heavy atom. The molecular weight excluding hydrogens is 356 g/mol. The van der Waals surface area contributed by atoms with E-state index < -0.39 is 0 Å². The molecule has 0 spiro atoms. The van der Waals surface area contributed by atoms with Gasteiger partial charge in [0.25, 0.3) is 0 Å². The van der Waals surface area contributed by atoms with Gasteiger partial charge in [0.1, 0.15) is 17.4 Å². The number of halogens is 2. The second-order valence-corrected chi connectivity index (χ2v) is 7.10. The van der Waals surface area contributed by atoms with Gasteiger partial charge in [0.15, 0.2) is 11.0 Å². The van der Waals surface area contributed by atoms with E-state index in [0.29, 0.717) is 35.5 Å². The van der Waals surface area contributed by atoms with Crippen molar-refractivity contribution in [1.29, 1.82) is 0 Å². The molecule has 1 fully saturated rings. The first-order valence-electron chi connectivity index (χ1n) is 8.43. The largest absolute Gasteiger partial charge is 0.493 e. The van der Waals surface area contributed by atoms with Crippen LogP contribution in [0.25, 0.3) is 11.4 Å². The fourth-order valence-electron chi connectivity index (χ4n) is 2.69. The molecule has 0 aliphatic heterocycles. The molecule has 3 aromatic rings. The minimum Gasteiger partial charge on any atom is -0.493 e. The Labute approximate surface area is 154 Å². The lowest BCUT2D eigenvalue weighted by Crippen LogP contribution is -2.04. The monoisotopic (exact) mass is 373 g/mol. The molecular formula is C19H17F2N3OS. The second kappa shape index (κ2) is 7.45. The summed E-state index contributed by atoms with van der Waals surface area (Å²) in [6.07, 6.45) is 2.11. The molecule has 1 heterocycles. The predicted molar refractivity (Wildman–Crippen MR) is 96.3 cm³/mol. The van der Waals surface area contributed by atoms with E-state index in [2.05, 4.69) is 10.2 Å². The van der Waals surface area contributed by atoms with Crippen molar-refractivity contribution >= 4 is 11.8 Å². The Morgan fingerprint density at radius 3 is 2.54 bits per heavy atom. The normalized spacial score (nSPS) is 13.8. The molecule has 0 saturated heterocycles. The molecule has 1 aliphatic carbocycles. The standard InChI is InChI=1S/C19H17F2N3OS/c20-13-5-9-15(10-6-13)25-11-12-26-19-23-22-18(24(19)14-7-8-14)16-3-1-2-4-17(16)21/h1-6,9-10,14H,7-8,11-12H2. The van der Waals surface area contributed by atoms with Crippen LogP contribution in [0.1, 0.15) is 18.9 Å². The summed E-state index contributed by atoms with van der Waals surface area (Å²) in [4.78, 5) is 0. The number of aromatic nitrogens is 3. The van der Waals surface area contributed by atoms with Gasteiger partial charge in [0.2, 0.25) is 0 Å². The predicted octanol–water partition coefficient (Wildman–Crippen LogP) is 4.73. The maximum absolute atomic E-state index is 14.1. The topological polar surface area (TPSA) is 39.9 Å². The molecule has 4 rings (SSSR count). The SMILES string of the molecule is Fc1ccc(OCCSc2nnc(-c3ccccc3F)n2C2CC2)cc1. The number of rotatable bonds is 7. The first-order valence-corrected chi connectivity index (χ1v) is 9.42. The fraction of sp³-hybridized carbons (Fsp3) is 0.263. The van der Waals surface area contributed by atoms with E-state index in [9.17, 15) is 8.78 Å². The Hall–Kier alpha value is -2.41. The molecule has 4 nitrogen and oxygen atoms in total. The zero-order valence-electron chi connectivity index (χ0n) is 13.9. The molecule has 2 aromatic carbocycles. The maximum Gasteiger partial charge on any atom is 0.191 e. The molecule has 1 saturated carbocycles. The first kappa shape index (κ1) is 17.0. The Bertz CT molecular complexity index is 894. The lowest BCUT2D eigenvalue weighted by Gasteiger charge is -2.10. The minimum atomic E-state index is -0.294. The van der Waals surface area contributed by atoms with Crippen LogP contribution in [0.4, 0.5) is 8.78 Å². The zero-order chi connectivity index (χ0) is 17.9. The van der Waals surface area contributed by atoms with Gasteiger partial charge in [-0.3, -0.25) is 4.57 Å². The Morgan fingerprint density at radius 1 is 1.04 bits per heavy atom. The van der Waals surface area contributed by atoms with E-state index in [1.54, 1.807) is 30.3 Å². The van der Waals surface area contributed by atoms with E-state index in [1.807, 2.05) is 4.57 Å². The third-order valence-corrected chi connectivity index (χ3v) is 5.00. The highest BCUT2D eigenvalue weighted by Crippen LogP contribution is 2.41. The van der Waals surface area contributed by atoms with Crippen molar-refractivity contribution in [1.82, 2.24) is 14.8 Å². The van der Waals surface area contributed by atoms with E-state index in [4.69, 9.17) is 4.74 Å². The summed E-state index contributed by atoms with van der Waals surface area (Å²) in [5.41, 5.74) is 0.473. The smallest absolute Gasteiger partial charge is 0.191 e. The maximum atomic E-state index is 14.1. The molecule has 0 atom stereocenters. The third kappa shape index (κ3) is 3.72. The summed E-state index contributed by atoms with van der Waals surface area (Å²) < 4.78 is 34.7. The number of thioether (sulfide) groups is 1.